The van der Waals surface area contributed by atoms with Gasteiger partial charge in [0.25, 0.3) is 0 Å². The molecule has 156 valence electrons. The lowest BCUT2D eigenvalue weighted by molar-refractivity contribution is -0.138. The molecule has 4 rings (SSSR count). The van der Waals surface area contributed by atoms with Crippen molar-refractivity contribution in [3.05, 3.63) is 72.0 Å². The monoisotopic (exact) mass is 404 g/mol. The molecule has 0 saturated carbocycles. The van der Waals surface area contributed by atoms with Crippen LogP contribution in [0.3, 0.4) is 0 Å². The van der Waals surface area contributed by atoms with Crippen LogP contribution in [0.1, 0.15) is 44.1 Å². The van der Waals surface area contributed by atoms with Gasteiger partial charge in [0.2, 0.25) is 11.8 Å². The Morgan fingerprint density at radius 3 is 2.33 bits per heavy atom. The molecule has 30 heavy (non-hydrogen) atoms. The van der Waals surface area contributed by atoms with Gasteiger partial charge < -0.3 is 14.6 Å². The summed E-state index contributed by atoms with van der Waals surface area (Å²) in [6, 6.07) is 19.4. The van der Waals surface area contributed by atoms with Gasteiger partial charge >= 0.3 is 0 Å². The highest BCUT2D eigenvalue weighted by molar-refractivity contribution is 5.82. The number of furan rings is 1. The molecule has 2 amide bonds. The van der Waals surface area contributed by atoms with Gasteiger partial charge in [0.05, 0.1) is 0 Å². The molecule has 1 aliphatic rings. The predicted molar refractivity (Wildman–Crippen MR) is 117 cm³/mol. The summed E-state index contributed by atoms with van der Waals surface area (Å²) in [5.41, 5.74) is 1.79. The Morgan fingerprint density at radius 1 is 1.00 bits per heavy atom. The van der Waals surface area contributed by atoms with Crippen LogP contribution in [0.2, 0.25) is 0 Å². The van der Waals surface area contributed by atoms with Gasteiger partial charge in [0.15, 0.2) is 0 Å². The van der Waals surface area contributed by atoms with E-state index in [9.17, 15) is 9.59 Å². The van der Waals surface area contributed by atoms with Crippen LogP contribution in [0, 0.1) is 11.8 Å². The van der Waals surface area contributed by atoms with Crippen LogP contribution in [0.15, 0.2) is 65.1 Å². The number of para-hydroxylation sites is 1. The zero-order chi connectivity index (χ0) is 21.1. The molecule has 1 aromatic heterocycles. The highest BCUT2D eigenvalue weighted by atomic mass is 16.3. The Bertz CT molecular complexity index is 984. The molecule has 1 aliphatic heterocycles. The van der Waals surface area contributed by atoms with Crippen molar-refractivity contribution in [3.8, 4) is 0 Å². The molecule has 5 heteroatoms. The lowest BCUT2D eigenvalue weighted by atomic mass is 9.94. The quantitative estimate of drug-likeness (QED) is 0.679. The van der Waals surface area contributed by atoms with Crippen molar-refractivity contribution in [3.63, 3.8) is 0 Å². The molecular formula is C25H28N2O3. The maximum Gasteiger partial charge on any atom is 0.225 e. The molecule has 1 atom stereocenters. The van der Waals surface area contributed by atoms with Gasteiger partial charge in [0, 0.05) is 30.3 Å². The molecule has 0 unspecified atom stereocenters. The van der Waals surface area contributed by atoms with E-state index in [4.69, 9.17) is 4.42 Å². The summed E-state index contributed by atoms with van der Waals surface area (Å²) in [5, 5.41) is 4.23. The van der Waals surface area contributed by atoms with E-state index in [0.29, 0.717) is 25.9 Å². The summed E-state index contributed by atoms with van der Waals surface area (Å²) < 4.78 is 6.08. The zero-order valence-corrected chi connectivity index (χ0v) is 17.5. The van der Waals surface area contributed by atoms with E-state index in [2.05, 4.69) is 5.32 Å². The third kappa shape index (κ3) is 4.25. The maximum absolute atomic E-state index is 13.1. The second-order valence-electron chi connectivity index (χ2n) is 8.29. The molecule has 1 saturated heterocycles. The summed E-state index contributed by atoms with van der Waals surface area (Å²) in [4.78, 5) is 27.2. The van der Waals surface area contributed by atoms with Crippen LogP contribution >= 0.6 is 0 Å². The van der Waals surface area contributed by atoms with Crippen LogP contribution < -0.4 is 5.32 Å². The van der Waals surface area contributed by atoms with Crippen molar-refractivity contribution in [2.45, 2.75) is 32.7 Å². The second kappa shape index (κ2) is 8.74. The van der Waals surface area contributed by atoms with Gasteiger partial charge in [-0.25, -0.2) is 0 Å². The first-order valence-electron chi connectivity index (χ1n) is 10.7. The molecular weight excluding hydrogens is 376 g/mol. The van der Waals surface area contributed by atoms with Crippen LogP contribution in [-0.4, -0.2) is 29.8 Å². The first kappa shape index (κ1) is 20.2. The third-order valence-corrected chi connectivity index (χ3v) is 5.82. The normalized spacial score (nSPS) is 16.0. The number of rotatable bonds is 5. The van der Waals surface area contributed by atoms with E-state index in [1.165, 1.54) is 0 Å². The number of fused-ring (bicyclic) bond motifs is 1. The minimum Gasteiger partial charge on any atom is -0.459 e. The number of nitrogens with one attached hydrogen (secondary N) is 1. The Balaban J connectivity index is 1.51. The molecule has 1 N–H and O–H groups in total. The molecule has 2 aromatic carbocycles. The van der Waals surface area contributed by atoms with Gasteiger partial charge in [-0.15, -0.1) is 0 Å². The van der Waals surface area contributed by atoms with Crippen LogP contribution in [0.25, 0.3) is 11.0 Å². The number of nitrogens with zero attached hydrogens (tertiary/aromatic N) is 1. The van der Waals surface area contributed by atoms with Gasteiger partial charge in [-0.3, -0.25) is 9.59 Å². The number of amides is 2. The van der Waals surface area contributed by atoms with E-state index >= 15 is 0 Å². The van der Waals surface area contributed by atoms with Crippen molar-refractivity contribution in [2.24, 2.45) is 11.8 Å². The van der Waals surface area contributed by atoms with Crippen LogP contribution in [-0.2, 0) is 9.59 Å². The fraction of sp³-hybridized carbons (Fsp3) is 0.360. The zero-order valence-electron chi connectivity index (χ0n) is 17.5. The van der Waals surface area contributed by atoms with E-state index in [0.717, 1.165) is 22.3 Å². The molecule has 0 aliphatic carbocycles. The number of likely N-dealkylation sites (tertiary alicyclic amines) is 1. The van der Waals surface area contributed by atoms with Crippen LogP contribution in [0.5, 0.6) is 0 Å². The molecule has 3 aromatic rings. The molecule has 0 radical (unpaired) electrons. The Labute approximate surface area is 177 Å². The lowest BCUT2D eigenvalue weighted by Gasteiger charge is -2.33. The average Bonchev–Trinajstić information content (AvgIpc) is 3.21. The minimum absolute atomic E-state index is 0.00841. The van der Waals surface area contributed by atoms with E-state index in [1.807, 2.05) is 79.4 Å². The first-order valence-corrected chi connectivity index (χ1v) is 10.7. The molecule has 1 fully saturated rings. The molecule has 2 heterocycles. The number of hydrogen-bond acceptors (Lipinski definition) is 3. The standard InChI is InChI=1S/C25H28N2O3/c1-17(2)25(29)27-14-12-19(13-15-27)24(28)26-23(18-8-4-3-5-9-18)22-16-20-10-6-7-11-21(20)30-22/h3-11,16-17,19,23H,12-15H2,1-2H3,(H,26,28)/t23-/m0/s1. The van der Waals surface area contributed by atoms with E-state index in [1.54, 1.807) is 0 Å². The van der Waals surface area contributed by atoms with Crippen LogP contribution in [0.4, 0.5) is 0 Å². The lowest BCUT2D eigenvalue weighted by Crippen LogP contribution is -2.45. The van der Waals surface area contributed by atoms with E-state index in [-0.39, 0.29) is 29.7 Å². The van der Waals surface area contributed by atoms with Crippen molar-refractivity contribution in [1.29, 1.82) is 0 Å². The fourth-order valence-corrected chi connectivity index (χ4v) is 4.10. The predicted octanol–water partition coefficient (Wildman–Crippen LogP) is 4.53. The Morgan fingerprint density at radius 2 is 1.67 bits per heavy atom. The van der Waals surface area contributed by atoms with Crippen molar-refractivity contribution in [1.82, 2.24) is 10.2 Å². The second-order valence-corrected chi connectivity index (χ2v) is 8.29. The highest BCUT2D eigenvalue weighted by Crippen LogP contribution is 2.29. The summed E-state index contributed by atoms with van der Waals surface area (Å²) >= 11 is 0. The van der Waals surface area contributed by atoms with Gasteiger partial charge in [-0.1, -0.05) is 62.4 Å². The van der Waals surface area contributed by atoms with Gasteiger partial charge in [-0.2, -0.15) is 0 Å². The SMILES string of the molecule is CC(C)C(=O)N1CCC(C(=O)N[C@@H](c2ccccc2)c2cc3ccccc3o2)CC1. The van der Waals surface area contributed by atoms with Gasteiger partial charge in [-0.05, 0) is 30.5 Å². The van der Waals surface area contributed by atoms with Crippen molar-refractivity contribution < 1.29 is 14.0 Å². The highest BCUT2D eigenvalue weighted by Gasteiger charge is 2.30. The van der Waals surface area contributed by atoms with E-state index < -0.39 is 0 Å². The maximum atomic E-state index is 13.1. The third-order valence-electron chi connectivity index (χ3n) is 5.82. The molecule has 5 nitrogen and oxygen atoms in total. The fourth-order valence-electron chi connectivity index (χ4n) is 4.10. The summed E-state index contributed by atoms with van der Waals surface area (Å²) in [6.07, 6.45) is 1.37. The molecule has 0 spiro atoms. The summed E-state index contributed by atoms with van der Waals surface area (Å²) in [5.74, 6) is 0.796. The smallest absolute Gasteiger partial charge is 0.225 e. The Kier molecular flexibility index (Phi) is 5.88. The van der Waals surface area contributed by atoms with Crippen molar-refractivity contribution >= 4 is 22.8 Å². The van der Waals surface area contributed by atoms with Crippen molar-refractivity contribution in [2.75, 3.05) is 13.1 Å². The summed E-state index contributed by atoms with van der Waals surface area (Å²) in [6.45, 7) is 5.10. The number of hydrogen-bond donors (Lipinski definition) is 1. The number of benzene rings is 2. The topological polar surface area (TPSA) is 62.6 Å². The van der Waals surface area contributed by atoms with Gasteiger partial charge in [0.1, 0.15) is 17.4 Å². The first-order chi connectivity index (χ1) is 14.5. The number of carbonyl (C=O) groups excluding carboxylic acids is 2. The Hall–Kier alpha value is -3.08. The molecule has 0 bridgehead atoms. The number of carbonyl (C=O) groups is 2. The average molecular weight is 405 g/mol. The number of piperidine rings is 1. The largest absolute Gasteiger partial charge is 0.459 e. The summed E-state index contributed by atoms with van der Waals surface area (Å²) in [7, 11) is 0. The minimum atomic E-state index is -0.346.